The van der Waals surface area contributed by atoms with Gasteiger partial charge in [-0.2, -0.15) is 0 Å². The molecule has 3 heteroatoms. The third kappa shape index (κ3) is 1.51. The molecular weight excluding hydrogens is 178 g/mol. The Morgan fingerprint density at radius 2 is 2.21 bits per heavy atom. The molecule has 2 rings (SSSR count). The molecule has 0 radical (unpaired) electrons. The van der Waals surface area contributed by atoms with Crippen molar-refractivity contribution < 1.29 is 9.90 Å². The van der Waals surface area contributed by atoms with E-state index < -0.39 is 0 Å². The molecule has 14 heavy (non-hydrogen) atoms. The number of aliphatic hydroxyl groups is 1. The van der Waals surface area contributed by atoms with Gasteiger partial charge in [-0.25, -0.2) is 0 Å². The highest BCUT2D eigenvalue weighted by atomic mass is 16.3. The molecule has 1 heterocycles. The minimum atomic E-state index is 0.0605. The molecule has 0 spiro atoms. The molecule has 1 aromatic rings. The number of nitrogens with zero attached hydrogens (tertiary/aromatic N) is 1. The van der Waals surface area contributed by atoms with E-state index in [0.717, 1.165) is 16.7 Å². The number of benzene rings is 1. The summed E-state index contributed by atoms with van der Waals surface area (Å²) in [7, 11) is 1.80. The quantitative estimate of drug-likeness (QED) is 0.709. The SMILES string of the molecule is CN1Cc2cc(CO)ccc2CC1=O. The predicted octanol–water partition coefficient (Wildman–Crippen LogP) is 0.693. The van der Waals surface area contributed by atoms with Crippen LogP contribution in [0.1, 0.15) is 16.7 Å². The van der Waals surface area contributed by atoms with Crippen LogP contribution in [0.5, 0.6) is 0 Å². The smallest absolute Gasteiger partial charge is 0.227 e. The number of hydrogen-bond donors (Lipinski definition) is 1. The first kappa shape index (κ1) is 9.21. The lowest BCUT2D eigenvalue weighted by Crippen LogP contribution is -2.32. The van der Waals surface area contributed by atoms with E-state index in [1.165, 1.54) is 0 Å². The number of likely N-dealkylation sites (N-methyl/N-ethyl adjacent to an activating group) is 1. The standard InChI is InChI=1S/C11H13NO2/c1-12-6-10-4-8(7-13)2-3-9(10)5-11(12)14/h2-4,13H,5-7H2,1H3. The Balaban J connectivity index is 2.37. The van der Waals surface area contributed by atoms with Crippen LogP contribution in [-0.4, -0.2) is 23.0 Å². The zero-order valence-electron chi connectivity index (χ0n) is 8.16. The Labute approximate surface area is 83.0 Å². The molecule has 74 valence electrons. The molecule has 0 saturated carbocycles. The average Bonchev–Trinajstić information content (AvgIpc) is 2.19. The van der Waals surface area contributed by atoms with Gasteiger partial charge in [0.25, 0.3) is 0 Å². The summed E-state index contributed by atoms with van der Waals surface area (Å²) in [4.78, 5) is 13.1. The van der Waals surface area contributed by atoms with Crippen molar-refractivity contribution in [3.63, 3.8) is 0 Å². The van der Waals surface area contributed by atoms with E-state index >= 15 is 0 Å². The van der Waals surface area contributed by atoms with Crippen LogP contribution in [0.2, 0.25) is 0 Å². The molecule has 0 aromatic heterocycles. The highest BCUT2D eigenvalue weighted by molar-refractivity contribution is 5.80. The molecule has 0 aliphatic carbocycles. The van der Waals surface area contributed by atoms with E-state index in [-0.39, 0.29) is 12.5 Å². The van der Waals surface area contributed by atoms with Gasteiger partial charge in [0.1, 0.15) is 0 Å². The maximum Gasteiger partial charge on any atom is 0.227 e. The molecule has 1 aromatic carbocycles. The van der Waals surface area contributed by atoms with E-state index in [1.54, 1.807) is 11.9 Å². The van der Waals surface area contributed by atoms with Gasteiger partial charge in [0.05, 0.1) is 13.0 Å². The fourth-order valence-corrected chi connectivity index (χ4v) is 1.74. The highest BCUT2D eigenvalue weighted by Gasteiger charge is 2.19. The summed E-state index contributed by atoms with van der Waals surface area (Å²) in [6.07, 6.45) is 0.484. The van der Waals surface area contributed by atoms with Crippen LogP contribution in [0.3, 0.4) is 0 Å². The van der Waals surface area contributed by atoms with Crippen molar-refractivity contribution in [2.24, 2.45) is 0 Å². The van der Waals surface area contributed by atoms with E-state index in [4.69, 9.17) is 5.11 Å². The van der Waals surface area contributed by atoms with Gasteiger partial charge in [-0.3, -0.25) is 4.79 Å². The van der Waals surface area contributed by atoms with Crippen molar-refractivity contribution in [1.29, 1.82) is 0 Å². The zero-order chi connectivity index (χ0) is 10.1. The molecule has 0 bridgehead atoms. The lowest BCUT2D eigenvalue weighted by molar-refractivity contribution is -0.130. The Kier molecular flexibility index (Phi) is 2.25. The van der Waals surface area contributed by atoms with Gasteiger partial charge in [0.15, 0.2) is 0 Å². The second-order valence-corrected chi connectivity index (χ2v) is 3.69. The van der Waals surface area contributed by atoms with Crippen LogP contribution in [0.4, 0.5) is 0 Å². The summed E-state index contributed by atoms with van der Waals surface area (Å²) in [5.41, 5.74) is 3.15. The summed E-state index contributed by atoms with van der Waals surface area (Å²) in [5.74, 6) is 0.161. The van der Waals surface area contributed by atoms with Gasteiger partial charge < -0.3 is 10.0 Å². The Hall–Kier alpha value is -1.35. The van der Waals surface area contributed by atoms with Gasteiger partial charge in [0.2, 0.25) is 5.91 Å². The minimum Gasteiger partial charge on any atom is -0.392 e. The van der Waals surface area contributed by atoms with Crippen LogP contribution in [0.15, 0.2) is 18.2 Å². The van der Waals surface area contributed by atoms with Crippen LogP contribution in [0, 0.1) is 0 Å². The second kappa shape index (κ2) is 3.42. The first-order valence-corrected chi connectivity index (χ1v) is 4.66. The summed E-state index contributed by atoms with van der Waals surface area (Å²) in [5, 5.41) is 8.98. The number of fused-ring (bicyclic) bond motifs is 1. The van der Waals surface area contributed by atoms with Crippen LogP contribution >= 0.6 is 0 Å². The number of rotatable bonds is 1. The van der Waals surface area contributed by atoms with E-state index in [2.05, 4.69) is 0 Å². The molecule has 0 atom stereocenters. The summed E-state index contributed by atoms with van der Waals surface area (Å²) >= 11 is 0. The summed E-state index contributed by atoms with van der Waals surface area (Å²) in [6.45, 7) is 0.715. The van der Waals surface area contributed by atoms with E-state index in [0.29, 0.717) is 13.0 Å². The molecule has 1 amide bonds. The molecular formula is C11H13NO2. The van der Waals surface area contributed by atoms with Crippen LogP contribution in [-0.2, 0) is 24.4 Å². The van der Waals surface area contributed by atoms with E-state index in [1.807, 2.05) is 18.2 Å². The summed E-state index contributed by atoms with van der Waals surface area (Å²) < 4.78 is 0. The normalized spacial score (nSPS) is 15.6. The monoisotopic (exact) mass is 191 g/mol. The number of carbonyl (C=O) groups is 1. The van der Waals surface area contributed by atoms with Crippen molar-refractivity contribution in [3.05, 3.63) is 34.9 Å². The second-order valence-electron chi connectivity index (χ2n) is 3.69. The fourth-order valence-electron chi connectivity index (χ4n) is 1.74. The molecule has 3 nitrogen and oxygen atoms in total. The summed E-state index contributed by atoms with van der Waals surface area (Å²) in [6, 6.07) is 5.78. The molecule has 0 fully saturated rings. The number of hydrogen-bond acceptors (Lipinski definition) is 2. The largest absolute Gasteiger partial charge is 0.392 e. The van der Waals surface area contributed by atoms with Crippen molar-refractivity contribution in [1.82, 2.24) is 4.90 Å². The van der Waals surface area contributed by atoms with Crippen LogP contribution in [0.25, 0.3) is 0 Å². The molecule has 0 saturated heterocycles. The average molecular weight is 191 g/mol. The first-order valence-electron chi connectivity index (χ1n) is 4.66. The number of aliphatic hydroxyl groups excluding tert-OH is 1. The van der Waals surface area contributed by atoms with Gasteiger partial charge in [-0.05, 0) is 16.7 Å². The molecule has 1 aliphatic heterocycles. The fraction of sp³-hybridized carbons (Fsp3) is 0.364. The van der Waals surface area contributed by atoms with Crippen LogP contribution < -0.4 is 0 Å². The zero-order valence-corrected chi connectivity index (χ0v) is 8.16. The molecule has 1 aliphatic rings. The van der Waals surface area contributed by atoms with Gasteiger partial charge in [-0.1, -0.05) is 18.2 Å². The Morgan fingerprint density at radius 3 is 2.93 bits per heavy atom. The van der Waals surface area contributed by atoms with E-state index in [9.17, 15) is 4.79 Å². The van der Waals surface area contributed by atoms with Crippen molar-refractivity contribution in [2.45, 2.75) is 19.6 Å². The van der Waals surface area contributed by atoms with Crippen molar-refractivity contribution in [2.75, 3.05) is 7.05 Å². The third-order valence-corrected chi connectivity index (χ3v) is 2.63. The van der Waals surface area contributed by atoms with Gasteiger partial charge in [-0.15, -0.1) is 0 Å². The maximum absolute atomic E-state index is 11.4. The third-order valence-electron chi connectivity index (χ3n) is 2.63. The number of carbonyl (C=O) groups excluding carboxylic acids is 1. The lowest BCUT2D eigenvalue weighted by Gasteiger charge is -2.25. The van der Waals surface area contributed by atoms with Crippen molar-refractivity contribution >= 4 is 5.91 Å². The minimum absolute atomic E-state index is 0.0605. The topological polar surface area (TPSA) is 40.5 Å². The predicted molar refractivity (Wildman–Crippen MR) is 52.5 cm³/mol. The highest BCUT2D eigenvalue weighted by Crippen LogP contribution is 2.20. The lowest BCUT2D eigenvalue weighted by atomic mass is 9.97. The Bertz CT molecular complexity index is 374. The number of amides is 1. The first-order chi connectivity index (χ1) is 6.70. The Morgan fingerprint density at radius 1 is 1.43 bits per heavy atom. The molecule has 1 N–H and O–H groups in total. The van der Waals surface area contributed by atoms with Gasteiger partial charge in [0, 0.05) is 13.6 Å². The molecule has 0 unspecified atom stereocenters. The van der Waals surface area contributed by atoms with Crippen molar-refractivity contribution in [3.8, 4) is 0 Å². The van der Waals surface area contributed by atoms with Gasteiger partial charge >= 0.3 is 0 Å². The maximum atomic E-state index is 11.4.